The molecule has 4 rings (SSSR count). The van der Waals surface area contributed by atoms with E-state index in [0.717, 1.165) is 11.8 Å². The van der Waals surface area contributed by atoms with Gasteiger partial charge in [0.15, 0.2) is 5.16 Å². The summed E-state index contributed by atoms with van der Waals surface area (Å²) in [6.45, 7) is 0. The average Bonchev–Trinajstić information content (AvgIpc) is 2.76. The number of carbonyl (C=O) groups is 1. The zero-order valence-corrected chi connectivity index (χ0v) is 18.1. The average molecular weight is 474 g/mol. The molecule has 3 aromatic carbocycles. The number of carbonyl (C=O) groups excluding carboxylic acids is 1. The summed E-state index contributed by atoms with van der Waals surface area (Å²) in [4.78, 5) is 30.2. The van der Waals surface area contributed by atoms with Crippen LogP contribution in [-0.4, -0.2) is 21.2 Å². The summed E-state index contributed by atoms with van der Waals surface area (Å²) < 4.78 is 15.3. The second-order valence-corrected chi connectivity index (χ2v) is 8.25. The van der Waals surface area contributed by atoms with Crippen molar-refractivity contribution in [2.24, 2.45) is 0 Å². The highest BCUT2D eigenvalue weighted by molar-refractivity contribution is 7.99. The molecule has 0 fully saturated rings. The van der Waals surface area contributed by atoms with Gasteiger partial charge >= 0.3 is 0 Å². The van der Waals surface area contributed by atoms with Crippen molar-refractivity contribution < 1.29 is 9.18 Å². The molecular weight excluding hydrogens is 460 g/mol. The molecule has 31 heavy (non-hydrogen) atoms. The van der Waals surface area contributed by atoms with Crippen LogP contribution in [0.1, 0.15) is 0 Å². The Morgan fingerprint density at radius 2 is 1.81 bits per heavy atom. The molecule has 1 N–H and O–H groups in total. The van der Waals surface area contributed by atoms with Gasteiger partial charge in [-0.25, -0.2) is 9.37 Å². The molecule has 0 spiro atoms. The fourth-order valence-corrected chi connectivity index (χ4v) is 4.16. The van der Waals surface area contributed by atoms with Gasteiger partial charge in [0.2, 0.25) is 5.91 Å². The van der Waals surface area contributed by atoms with Crippen LogP contribution in [0.15, 0.2) is 76.7 Å². The number of fused-ring (bicyclic) bond motifs is 1. The van der Waals surface area contributed by atoms with E-state index in [9.17, 15) is 14.0 Å². The minimum absolute atomic E-state index is 0.0203. The topological polar surface area (TPSA) is 64.0 Å². The minimum atomic E-state index is -0.598. The van der Waals surface area contributed by atoms with E-state index in [1.165, 1.54) is 22.8 Å². The van der Waals surface area contributed by atoms with Crippen molar-refractivity contribution in [2.45, 2.75) is 5.16 Å². The van der Waals surface area contributed by atoms with Crippen LogP contribution in [0.4, 0.5) is 10.1 Å². The number of rotatable bonds is 5. The van der Waals surface area contributed by atoms with Crippen LogP contribution in [0.5, 0.6) is 0 Å². The van der Waals surface area contributed by atoms with Crippen LogP contribution in [0.3, 0.4) is 0 Å². The van der Waals surface area contributed by atoms with Crippen molar-refractivity contribution in [3.63, 3.8) is 0 Å². The zero-order chi connectivity index (χ0) is 22.0. The van der Waals surface area contributed by atoms with Crippen molar-refractivity contribution in [1.82, 2.24) is 9.55 Å². The van der Waals surface area contributed by atoms with Crippen LogP contribution < -0.4 is 10.9 Å². The first kappa shape index (κ1) is 21.4. The first-order chi connectivity index (χ1) is 14.9. The van der Waals surface area contributed by atoms with Crippen molar-refractivity contribution in [2.75, 3.05) is 11.1 Å². The highest BCUT2D eigenvalue weighted by Crippen LogP contribution is 2.26. The Balaban J connectivity index is 1.69. The van der Waals surface area contributed by atoms with Gasteiger partial charge in [-0.15, -0.1) is 0 Å². The second kappa shape index (κ2) is 9.09. The number of para-hydroxylation sites is 2. The first-order valence-corrected chi connectivity index (χ1v) is 10.8. The Kier molecular flexibility index (Phi) is 6.27. The number of amides is 1. The number of halogens is 3. The summed E-state index contributed by atoms with van der Waals surface area (Å²) in [7, 11) is 0. The van der Waals surface area contributed by atoms with E-state index in [1.54, 1.807) is 48.5 Å². The van der Waals surface area contributed by atoms with Crippen LogP contribution in [-0.2, 0) is 4.79 Å². The number of anilines is 1. The van der Waals surface area contributed by atoms with E-state index in [0.29, 0.717) is 31.8 Å². The van der Waals surface area contributed by atoms with Crippen LogP contribution >= 0.6 is 35.0 Å². The Labute approximate surface area is 190 Å². The molecule has 0 saturated heterocycles. The molecule has 4 aromatic rings. The largest absolute Gasteiger partial charge is 0.323 e. The monoisotopic (exact) mass is 473 g/mol. The van der Waals surface area contributed by atoms with Gasteiger partial charge in [0.1, 0.15) is 5.82 Å². The number of hydrogen-bond donors (Lipinski definition) is 1. The van der Waals surface area contributed by atoms with Gasteiger partial charge in [0, 0.05) is 5.02 Å². The predicted molar refractivity (Wildman–Crippen MR) is 123 cm³/mol. The number of aromatic nitrogens is 2. The molecule has 0 aliphatic heterocycles. The maximum atomic E-state index is 13.9. The number of nitrogens with one attached hydrogen (secondary N) is 1. The third kappa shape index (κ3) is 4.58. The maximum Gasteiger partial charge on any atom is 0.266 e. The van der Waals surface area contributed by atoms with Crippen molar-refractivity contribution >= 4 is 57.5 Å². The number of benzene rings is 3. The molecule has 0 bridgehead atoms. The molecule has 9 heteroatoms. The fraction of sp³-hybridized carbons (Fsp3) is 0.0455. The lowest BCUT2D eigenvalue weighted by atomic mass is 10.2. The van der Waals surface area contributed by atoms with Crippen LogP contribution in [0.2, 0.25) is 10.0 Å². The van der Waals surface area contributed by atoms with E-state index >= 15 is 0 Å². The number of nitrogens with zero attached hydrogens (tertiary/aromatic N) is 2. The van der Waals surface area contributed by atoms with Crippen molar-refractivity contribution in [3.05, 3.63) is 92.9 Å². The molecule has 5 nitrogen and oxygen atoms in total. The molecule has 0 saturated carbocycles. The van der Waals surface area contributed by atoms with Gasteiger partial charge in [-0.2, -0.15) is 0 Å². The Morgan fingerprint density at radius 1 is 1.06 bits per heavy atom. The standard InChI is InChI=1S/C22H14Cl2FN3O2S/c23-13-9-10-16(25)18(11-13)26-20(29)12-31-22-27-17-7-3-1-5-14(17)21(30)28(22)19-8-4-2-6-15(19)24/h1-11H,12H2,(H,26,29). The molecule has 0 aliphatic carbocycles. The second-order valence-electron chi connectivity index (χ2n) is 6.46. The highest BCUT2D eigenvalue weighted by atomic mass is 35.5. The van der Waals surface area contributed by atoms with E-state index < -0.39 is 11.7 Å². The lowest BCUT2D eigenvalue weighted by molar-refractivity contribution is -0.113. The van der Waals surface area contributed by atoms with E-state index in [1.807, 2.05) is 0 Å². The third-order valence-corrected chi connectivity index (χ3v) is 5.87. The van der Waals surface area contributed by atoms with Gasteiger partial charge in [0.25, 0.3) is 5.56 Å². The lowest BCUT2D eigenvalue weighted by Gasteiger charge is -2.14. The van der Waals surface area contributed by atoms with Gasteiger partial charge in [-0.3, -0.25) is 14.2 Å². The first-order valence-electron chi connectivity index (χ1n) is 9.08. The number of thioether (sulfide) groups is 1. The normalized spacial score (nSPS) is 10.9. The van der Waals surface area contributed by atoms with Crippen LogP contribution in [0, 0.1) is 5.82 Å². The van der Waals surface area contributed by atoms with Gasteiger partial charge < -0.3 is 5.32 Å². The molecule has 1 amide bonds. The molecule has 0 atom stereocenters. The van der Waals surface area contributed by atoms with Gasteiger partial charge in [-0.1, -0.05) is 59.2 Å². The Hall–Kier alpha value is -2.87. The molecule has 156 valence electrons. The number of hydrogen-bond acceptors (Lipinski definition) is 4. The quantitative estimate of drug-likeness (QED) is 0.304. The summed E-state index contributed by atoms with van der Waals surface area (Å²) in [5.74, 6) is -1.18. The minimum Gasteiger partial charge on any atom is -0.323 e. The van der Waals surface area contributed by atoms with Crippen LogP contribution in [0.25, 0.3) is 16.6 Å². The zero-order valence-electron chi connectivity index (χ0n) is 15.8. The summed E-state index contributed by atoms with van der Waals surface area (Å²) in [6, 6.07) is 17.7. The highest BCUT2D eigenvalue weighted by Gasteiger charge is 2.17. The van der Waals surface area contributed by atoms with Crippen molar-refractivity contribution in [1.29, 1.82) is 0 Å². The maximum absolute atomic E-state index is 13.9. The summed E-state index contributed by atoms with van der Waals surface area (Å²) in [6.07, 6.45) is 0. The SMILES string of the molecule is O=C(CSc1nc2ccccc2c(=O)n1-c1ccccc1Cl)Nc1cc(Cl)ccc1F. The summed E-state index contributed by atoms with van der Waals surface area (Å²) in [5, 5.41) is 3.87. The fourth-order valence-electron chi connectivity index (χ4n) is 2.96. The summed E-state index contributed by atoms with van der Waals surface area (Å²) >= 11 is 13.2. The van der Waals surface area contributed by atoms with E-state index in [-0.39, 0.29) is 17.0 Å². The molecule has 1 heterocycles. The Bertz CT molecular complexity index is 1360. The van der Waals surface area contributed by atoms with E-state index in [4.69, 9.17) is 23.2 Å². The Morgan fingerprint density at radius 3 is 2.61 bits per heavy atom. The molecule has 0 aliphatic rings. The van der Waals surface area contributed by atoms with Crippen molar-refractivity contribution in [3.8, 4) is 5.69 Å². The lowest BCUT2D eigenvalue weighted by Crippen LogP contribution is -2.23. The molecular formula is C22H14Cl2FN3O2S. The third-order valence-electron chi connectivity index (χ3n) is 4.37. The molecule has 1 aromatic heterocycles. The van der Waals surface area contributed by atoms with Gasteiger partial charge in [-0.05, 0) is 42.5 Å². The smallest absolute Gasteiger partial charge is 0.266 e. The summed E-state index contributed by atoms with van der Waals surface area (Å²) in [5.41, 5.74) is 0.631. The predicted octanol–water partition coefficient (Wildman–Crippen LogP) is 5.56. The molecule has 0 radical (unpaired) electrons. The van der Waals surface area contributed by atoms with Gasteiger partial charge in [0.05, 0.1) is 33.1 Å². The molecule has 0 unspecified atom stereocenters. The van der Waals surface area contributed by atoms with E-state index in [2.05, 4.69) is 10.3 Å².